The third kappa shape index (κ3) is 1.84. The molecular weight excluding hydrogens is 225 g/mol. The molecule has 0 aliphatic heterocycles. The van der Waals surface area contributed by atoms with Crippen molar-refractivity contribution in [3.63, 3.8) is 0 Å². The molecule has 0 amide bonds. The van der Waals surface area contributed by atoms with Crippen molar-refractivity contribution < 1.29 is 4.39 Å². The predicted octanol–water partition coefficient (Wildman–Crippen LogP) is 4.92. The number of nitrogens with one attached hydrogen (secondary N) is 1. The zero-order valence-corrected chi connectivity index (χ0v) is 10.9. The van der Waals surface area contributed by atoms with E-state index in [0.29, 0.717) is 11.4 Å². The number of fused-ring (bicyclic) bond motifs is 1. The van der Waals surface area contributed by atoms with Gasteiger partial charge in [0.15, 0.2) is 0 Å². The van der Waals surface area contributed by atoms with E-state index in [1.165, 1.54) is 43.4 Å². The molecule has 2 aromatic rings. The summed E-state index contributed by atoms with van der Waals surface area (Å²) in [5, 5.41) is 1.08. The van der Waals surface area contributed by atoms with Crippen LogP contribution in [0.2, 0.25) is 0 Å². The Morgan fingerprint density at radius 2 is 2.00 bits per heavy atom. The average molecular weight is 245 g/mol. The van der Waals surface area contributed by atoms with E-state index < -0.39 is 0 Å². The molecule has 0 bridgehead atoms. The van der Waals surface area contributed by atoms with Crippen LogP contribution in [0.25, 0.3) is 10.9 Å². The summed E-state index contributed by atoms with van der Waals surface area (Å²) in [6, 6.07) is 5.40. The second-order valence-corrected chi connectivity index (χ2v) is 5.37. The van der Waals surface area contributed by atoms with Crippen molar-refractivity contribution in [1.82, 2.24) is 4.98 Å². The Bertz CT molecular complexity index is 549. The van der Waals surface area contributed by atoms with E-state index in [2.05, 4.69) is 11.9 Å². The topological polar surface area (TPSA) is 15.8 Å². The number of aromatic nitrogens is 1. The molecule has 1 aromatic carbocycles. The van der Waals surface area contributed by atoms with Gasteiger partial charge in [0.05, 0.1) is 5.52 Å². The van der Waals surface area contributed by atoms with Crippen molar-refractivity contribution >= 4 is 10.9 Å². The molecule has 1 saturated carbocycles. The van der Waals surface area contributed by atoms with Gasteiger partial charge in [-0.1, -0.05) is 38.3 Å². The Morgan fingerprint density at radius 3 is 2.72 bits per heavy atom. The Balaban J connectivity index is 2.13. The predicted molar refractivity (Wildman–Crippen MR) is 73.5 cm³/mol. The van der Waals surface area contributed by atoms with E-state index >= 15 is 0 Å². The summed E-state index contributed by atoms with van der Waals surface area (Å²) in [7, 11) is 0. The Morgan fingerprint density at radius 1 is 1.22 bits per heavy atom. The lowest BCUT2D eigenvalue weighted by molar-refractivity contribution is 0.436. The fraction of sp³-hybridized carbons (Fsp3) is 0.500. The zero-order valence-electron chi connectivity index (χ0n) is 10.9. The standard InChI is InChI=1S/C16H20FN/c1-2-12-13-9-6-10-14(17)16(13)18-15(12)11-7-4-3-5-8-11/h6,9-11,18H,2-5,7-8H2,1H3. The zero-order chi connectivity index (χ0) is 12.5. The second-order valence-electron chi connectivity index (χ2n) is 5.37. The molecule has 3 rings (SSSR count). The lowest BCUT2D eigenvalue weighted by Crippen LogP contribution is -2.06. The lowest BCUT2D eigenvalue weighted by atomic mass is 9.85. The lowest BCUT2D eigenvalue weighted by Gasteiger charge is -2.21. The molecule has 96 valence electrons. The van der Waals surface area contributed by atoms with Crippen molar-refractivity contribution in [1.29, 1.82) is 0 Å². The number of para-hydroxylation sites is 1. The van der Waals surface area contributed by atoms with Gasteiger partial charge in [-0.05, 0) is 36.8 Å². The maximum Gasteiger partial charge on any atom is 0.147 e. The number of H-pyrrole nitrogens is 1. The molecule has 1 aliphatic carbocycles. The van der Waals surface area contributed by atoms with Gasteiger partial charge in [-0.2, -0.15) is 0 Å². The maximum absolute atomic E-state index is 13.9. The van der Waals surface area contributed by atoms with E-state index in [0.717, 1.165) is 11.8 Å². The van der Waals surface area contributed by atoms with Crippen molar-refractivity contribution in [2.24, 2.45) is 0 Å². The summed E-state index contributed by atoms with van der Waals surface area (Å²) in [5.41, 5.74) is 3.34. The number of halogens is 1. The van der Waals surface area contributed by atoms with Crippen LogP contribution in [0.3, 0.4) is 0 Å². The third-order valence-corrected chi connectivity index (χ3v) is 4.29. The van der Waals surface area contributed by atoms with E-state index in [-0.39, 0.29) is 5.82 Å². The van der Waals surface area contributed by atoms with Crippen LogP contribution < -0.4 is 0 Å². The minimum Gasteiger partial charge on any atom is -0.356 e. The fourth-order valence-electron chi connectivity index (χ4n) is 3.38. The molecule has 1 aromatic heterocycles. The fourth-order valence-corrected chi connectivity index (χ4v) is 3.38. The smallest absolute Gasteiger partial charge is 0.147 e. The normalized spacial score (nSPS) is 17.4. The van der Waals surface area contributed by atoms with Gasteiger partial charge in [0.2, 0.25) is 0 Å². The van der Waals surface area contributed by atoms with Crippen LogP contribution in [0.5, 0.6) is 0 Å². The number of hydrogen-bond acceptors (Lipinski definition) is 0. The van der Waals surface area contributed by atoms with E-state index in [1.54, 1.807) is 6.07 Å². The first-order chi connectivity index (χ1) is 8.81. The van der Waals surface area contributed by atoms with Gasteiger partial charge < -0.3 is 4.98 Å². The highest BCUT2D eigenvalue weighted by Crippen LogP contribution is 2.37. The van der Waals surface area contributed by atoms with Gasteiger partial charge in [0, 0.05) is 11.1 Å². The van der Waals surface area contributed by atoms with Crippen LogP contribution in [0, 0.1) is 5.82 Å². The van der Waals surface area contributed by atoms with Crippen molar-refractivity contribution in [3.05, 3.63) is 35.3 Å². The van der Waals surface area contributed by atoms with Gasteiger partial charge in [-0.25, -0.2) is 4.39 Å². The maximum atomic E-state index is 13.9. The molecule has 2 heteroatoms. The molecule has 1 heterocycles. The number of benzene rings is 1. The van der Waals surface area contributed by atoms with Crippen LogP contribution in [-0.2, 0) is 6.42 Å². The SMILES string of the molecule is CCc1c(C2CCCCC2)[nH]c2c(F)cccc12. The quantitative estimate of drug-likeness (QED) is 0.773. The minimum atomic E-state index is -0.121. The van der Waals surface area contributed by atoms with Crippen LogP contribution >= 0.6 is 0 Å². The minimum absolute atomic E-state index is 0.121. The molecule has 1 fully saturated rings. The molecule has 0 unspecified atom stereocenters. The summed E-state index contributed by atoms with van der Waals surface area (Å²) in [6.07, 6.45) is 7.46. The molecular formula is C16H20FN. The molecule has 0 spiro atoms. The number of aromatic amines is 1. The molecule has 0 radical (unpaired) electrons. The molecule has 1 N–H and O–H groups in total. The highest BCUT2D eigenvalue weighted by atomic mass is 19.1. The summed E-state index contributed by atoms with van der Waals surface area (Å²) >= 11 is 0. The Kier molecular flexibility index (Phi) is 3.11. The molecule has 18 heavy (non-hydrogen) atoms. The van der Waals surface area contributed by atoms with Crippen LogP contribution in [-0.4, -0.2) is 4.98 Å². The largest absolute Gasteiger partial charge is 0.356 e. The highest BCUT2D eigenvalue weighted by molar-refractivity contribution is 5.85. The van der Waals surface area contributed by atoms with E-state index in [9.17, 15) is 4.39 Å². The van der Waals surface area contributed by atoms with E-state index in [4.69, 9.17) is 0 Å². The van der Waals surface area contributed by atoms with Gasteiger partial charge >= 0.3 is 0 Å². The Labute approximate surface area is 107 Å². The highest BCUT2D eigenvalue weighted by Gasteiger charge is 2.22. The number of rotatable bonds is 2. The molecule has 0 atom stereocenters. The van der Waals surface area contributed by atoms with Gasteiger partial charge in [-0.15, -0.1) is 0 Å². The van der Waals surface area contributed by atoms with Crippen LogP contribution in [0.15, 0.2) is 18.2 Å². The van der Waals surface area contributed by atoms with Crippen molar-refractivity contribution in [3.8, 4) is 0 Å². The van der Waals surface area contributed by atoms with Gasteiger partial charge in [0.25, 0.3) is 0 Å². The monoisotopic (exact) mass is 245 g/mol. The van der Waals surface area contributed by atoms with Gasteiger partial charge in [0.1, 0.15) is 5.82 Å². The van der Waals surface area contributed by atoms with Crippen LogP contribution in [0.4, 0.5) is 4.39 Å². The van der Waals surface area contributed by atoms with Crippen molar-refractivity contribution in [2.45, 2.75) is 51.4 Å². The first-order valence-corrected chi connectivity index (χ1v) is 7.10. The summed E-state index contributed by atoms with van der Waals surface area (Å²) in [5.74, 6) is 0.491. The summed E-state index contributed by atoms with van der Waals surface area (Å²) in [6.45, 7) is 2.17. The third-order valence-electron chi connectivity index (χ3n) is 4.29. The van der Waals surface area contributed by atoms with Crippen LogP contribution in [0.1, 0.15) is 56.2 Å². The molecule has 1 nitrogen and oxygen atoms in total. The Hall–Kier alpha value is -1.31. The first kappa shape index (κ1) is 11.8. The molecule has 1 aliphatic rings. The first-order valence-electron chi connectivity index (χ1n) is 7.10. The number of hydrogen-bond donors (Lipinski definition) is 1. The second kappa shape index (κ2) is 4.75. The average Bonchev–Trinajstić information content (AvgIpc) is 2.80. The molecule has 0 saturated heterocycles. The van der Waals surface area contributed by atoms with Crippen molar-refractivity contribution in [2.75, 3.05) is 0 Å². The van der Waals surface area contributed by atoms with Gasteiger partial charge in [-0.3, -0.25) is 0 Å². The van der Waals surface area contributed by atoms with E-state index in [1.807, 2.05) is 12.1 Å². The summed E-state index contributed by atoms with van der Waals surface area (Å²) in [4.78, 5) is 3.38. The number of aryl methyl sites for hydroxylation is 1. The summed E-state index contributed by atoms with van der Waals surface area (Å²) < 4.78 is 13.9.